The minimum Gasteiger partial charge on any atom is -0.388 e. The summed E-state index contributed by atoms with van der Waals surface area (Å²) in [6.45, 7) is 4.28. The molecule has 0 radical (unpaired) electrons. The molecule has 2 N–H and O–H groups in total. The molecule has 1 aromatic rings. The lowest BCUT2D eigenvalue weighted by Gasteiger charge is -2.18. The molecule has 0 spiro atoms. The number of aliphatic hydroxyl groups is 2. The summed E-state index contributed by atoms with van der Waals surface area (Å²) in [4.78, 5) is 13.0. The average molecular weight is 272 g/mol. The van der Waals surface area contributed by atoms with E-state index in [0.29, 0.717) is 29.4 Å². The fourth-order valence-electron chi connectivity index (χ4n) is 2.07. The molecule has 100 valence electrons. The van der Waals surface area contributed by atoms with Gasteiger partial charge in [-0.3, -0.25) is 10.1 Å². The third-order valence-electron chi connectivity index (χ3n) is 3.06. The van der Waals surface area contributed by atoms with Crippen LogP contribution in [-0.2, 0) is 0 Å². The van der Waals surface area contributed by atoms with Gasteiger partial charge in [0.15, 0.2) is 5.00 Å². The van der Waals surface area contributed by atoms with Crippen LogP contribution in [0.5, 0.6) is 0 Å². The zero-order chi connectivity index (χ0) is 13.5. The van der Waals surface area contributed by atoms with Gasteiger partial charge in [0.1, 0.15) is 0 Å². The molecule has 0 bridgehead atoms. The SMILES string of the molecule is C[C@@H](O)c1cc([N+](=O)[O-])c(N2CCC(C)(O)C2)s1. The number of nitrogens with zero attached hydrogens (tertiary/aromatic N) is 2. The van der Waals surface area contributed by atoms with E-state index >= 15 is 0 Å². The van der Waals surface area contributed by atoms with Crippen LogP contribution in [-0.4, -0.2) is 33.8 Å². The van der Waals surface area contributed by atoms with E-state index in [0.717, 1.165) is 0 Å². The van der Waals surface area contributed by atoms with Crippen LogP contribution in [0.15, 0.2) is 6.07 Å². The van der Waals surface area contributed by atoms with Crippen molar-refractivity contribution in [2.75, 3.05) is 18.0 Å². The van der Waals surface area contributed by atoms with E-state index in [1.165, 1.54) is 17.4 Å². The molecule has 2 atom stereocenters. The van der Waals surface area contributed by atoms with Crippen LogP contribution in [0, 0.1) is 10.1 Å². The van der Waals surface area contributed by atoms with Crippen LogP contribution in [0.2, 0.25) is 0 Å². The van der Waals surface area contributed by atoms with Gasteiger partial charge in [-0.15, -0.1) is 11.3 Å². The summed E-state index contributed by atoms with van der Waals surface area (Å²) >= 11 is 1.22. The lowest BCUT2D eigenvalue weighted by Crippen LogP contribution is -2.29. The van der Waals surface area contributed by atoms with Gasteiger partial charge in [0.25, 0.3) is 0 Å². The van der Waals surface area contributed by atoms with E-state index in [1.807, 2.05) is 4.90 Å². The van der Waals surface area contributed by atoms with Gasteiger partial charge >= 0.3 is 5.69 Å². The third-order valence-corrected chi connectivity index (χ3v) is 4.42. The number of thiophene rings is 1. The molecule has 18 heavy (non-hydrogen) atoms. The summed E-state index contributed by atoms with van der Waals surface area (Å²) in [5.41, 5.74) is -0.795. The first-order valence-electron chi connectivity index (χ1n) is 5.74. The lowest BCUT2D eigenvalue weighted by molar-refractivity contribution is -0.383. The van der Waals surface area contributed by atoms with Crippen molar-refractivity contribution >= 4 is 22.0 Å². The van der Waals surface area contributed by atoms with Gasteiger partial charge in [-0.1, -0.05) is 0 Å². The first-order valence-corrected chi connectivity index (χ1v) is 6.55. The highest BCUT2D eigenvalue weighted by molar-refractivity contribution is 7.16. The Kier molecular flexibility index (Phi) is 3.31. The van der Waals surface area contributed by atoms with E-state index in [-0.39, 0.29) is 5.69 Å². The van der Waals surface area contributed by atoms with Gasteiger partial charge in [0.2, 0.25) is 0 Å². The molecule has 1 aliphatic rings. The predicted molar refractivity (Wildman–Crippen MR) is 69.1 cm³/mol. The van der Waals surface area contributed by atoms with Gasteiger partial charge in [-0.2, -0.15) is 0 Å². The summed E-state index contributed by atoms with van der Waals surface area (Å²) in [5, 5.41) is 31.0. The minimum atomic E-state index is -0.803. The second-order valence-corrected chi connectivity index (χ2v) is 6.00. The van der Waals surface area contributed by atoms with Crippen LogP contribution in [0.4, 0.5) is 10.7 Å². The standard InChI is InChI=1S/C11H16N2O4S/c1-7(14)9-5-8(13(16)17)10(18-9)12-4-3-11(2,15)6-12/h5,7,14-15H,3-4,6H2,1-2H3/t7-,11?/m1/s1. The molecule has 1 unspecified atom stereocenters. The topological polar surface area (TPSA) is 86.8 Å². The first-order chi connectivity index (χ1) is 8.30. The quantitative estimate of drug-likeness (QED) is 0.645. The van der Waals surface area contributed by atoms with Crippen molar-refractivity contribution in [1.29, 1.82) is 0 Å². The molecule has 1 fully saturated rings. The fraction of sp³-hybridized carbons (Fsp3) is 0.636. The molecular formula is C11H16N2O4S. The van der Waals surface area contributed by atoms with Crippen molar-refractivity contribution in [1.82, 2.24) is 0 Å². The van der Waals surface area contributed by atoms with Crippen LogP contribution in [0.1, 0.15) is 31.2 Å². The largest absolute Gasteiger partial charge is 0.388 e. The Hall–Kier alpha value is -1.18. The van der Waals surface area contributed by atoms with E-state index in [2.05, 4.69) is 0 Å². The molecule has 7 heteroatoms. The van der Waals surface area contributed by atoms with Crippen LogP contribution >= 0.6 is 11.3 Å². The van der Waals surface area contributed by atoms with Gasteiger partial charge in [0.05, 0.1) is 16.6 Å². The highest BCUT2D eigenvalue weighted by Gasteiger charge is 2.35. The van der Waals surface area contributed by atoms with Crippen molar-refractivity contribution in [2.45, 2.75) is 32.0 Å². The number of hydrogen-bond acceptors (Lipinski definition) is 6. The van der Waals surface area contributed by atoms with Gasteiger partial charge in [-0.05, 0) is 20.3 Å². The summed E-state index contributed by atoms with van der Waals surface area (Å²) in [6.07, 6.45) is -0.128. The maximum absolute atomic E-state index is 11.0. The lowest BCUT2D eigenvalue weighted by atomic mass is 10.1. The Bertz CT molecular complexity index is 470. The smallest absolute Gasteiger partial charge is 0.304 e. The zero-order valence-electron chi connectivity index (χ0n) is 10.3. The zero-order valence-corrected chi connectivity index (χ0v) is 11.1. The fourth-order valence-corrected chi connectivity index (χ4v) is 3.16. The van der Waals surface area contributed by atoms with Gasteiger partial charge < -0.3 is 15.1 Å². The van der Waals surface area contributed by atoms with Gasteiger partial charge in [0, 0.05) is 24.0 Å². The van der Waals surface area contributed by atoms with E-state index in [1.54, 1.807) is 13.8 Å². The number of rotatable bonds is 3. The Morgan fingerprint density at radius 1 is 1.67 bits per heavy atom. The molecule has 1 aliphatic heterocycles. The molecule has 0 aliphatic carbocycles. The molecule has 0 amide bonds. The second kappa shape index (κ2) is 4.49. The van der Waals surface area contributed by atoms with Crippen molar-refractivity contribution in [3.8, 4) is 0 Å². The Balaban J connectivity index is 2.35. The van der Waals surface area contributed by atoms with Crippen molar-refractivity contribution in [2.24, 2.45) is 0 Å². The monoisotopic (exact) mass is 272 g/mol. The summed E-state index contributed by atoms with van der Waals surface area (Å²) in [6, 6.07) is 1.41. The number of nitro groups is 1. The molecule has 1 aromatic heterocycles. The highest BCUT2D eigenvalue weighted by atomic mass is 32.1. The van der Waals surface area contributed by atoms with Crippen molar-refractivity contribution < 1.29 is 15.1 Å². The normalized spacial score (nSPS) is 25.4. The van der Waals surface area contributed by atoms with E-state index in [4.69, 9.17) is 0 Å². The molecule has 0 saturated carbocycles. The highest BCUT2D eigenvalue weighted by Crippen LogP contribution is 2.42. The number of aliphatic hydroxyl groups excluding tert-OH is 1. The maximum atomic E-state index is 11.0. The molecule has 2 rings (SSSR count). The first kappa shape index (κ1) is 13.3. The summed E-state index contributed by atoms with van der Waals surface area (Å²) < 4.78 is 0. The molecule has 1 saturated heterocycles. The second-order valence-electron chi connectivity index (χ2n) is 4.94. The van der Waals surface area contributed by atoms with E-state index in [9.17, 15) is 20.3 Å². The Morgan fingerprint density at radius 2 is 2.33 bits per heavy atom. The van der Waals surface area contributed by atoms with Gasteiger partial charge in [-0.25, -0.2) is 0 Å². The molecule has 6 nitrogen and oxygen atoms in total. The summed E-state index contributed by atoms with van der Waals surface area (Å²) in [7, 11) is 0. The number of anilines is 1. The average Bonchev–Trinajstić information content (AvgIpc) is 2.80. The van der Waals surface area contributed by atoms with Crippen LogP contribution in [0.3, 0.4) is 0 Å². The molecule has 0 aromatic carbocycles. The number of β-amino-alcohol motifs (C(OH)–C–C–N with tert-alkyl or cyclic N) is 1. The van der Waals surface area contributed by atoms with Crippen molar-refractivity contribution in [3.05, 3.63) is 21.1 Å². The minimum absolute atomic E-state index is 0.00796. The molecular weight excluding hydrogens is 256 g/mol. The predicted octanol–water partition coefficient (Wildman–Crippen LogP) is 1.67. The number of hydrogen-bond donors (Lipinski definition) is 2. The Morgan fingerprint density at radius 3 is 2.78 bits per heavy atom. The Labute approximate surface area is 109 Å². The van der Waals surface area contributed by atoms with Crippen LogP contribution in [0.25, 0.3) is 0 Å². The van der Waals surface area contributed by atoms with Crippen LogP contribution < -0.4 is 4.90 Å². The van der Waals surface area contributed by atoms with E-state index < -0.39 is 16.6 Å². The van der Waals surface area contributed by atoms with Crippen molar-refractivity contribution in [3.63, 3.8) is 0 Å². The third kappa shape index (κ3) is 2.47. The summed E-state index contributed by atoms with van der Waals surface area (Å²) in [5.74, 6) is 0. The maximum Gasteiger partial charge on any atom is 0.304 e. The molecule has 2 heterocycles.